The third-order valence-corrected chi connectivity index (χ3v) is 2.66. The molecule has 1 rings (SSSR count). The number of rotatable bonds is 3. The molecular formula is C12H16O2. The summed E-state index contributed by atoms with van der Waals surface area (Å²) in [5, 5.41) is 8.85. The summed E-state index contributed by atoms with van der Waals surface area (Å²) < 4.78 is 0. The average molecular weight is 192 g/mol. The van der Waals surface area contributed by atoms with Crippen LogP contribution in [-0.2, 0) is 0 Å². The van der Waals surface area contributed by atoms with E-state index in [2.05, 4.69) is 13.8 Å². The van der Waals surface area contributed by atoms with Crippen LogP contribution in [0.5, 0.6) is 0 Å². The monoisotopic (exact) mass is 192 g/mol. The second kappa shape index (κ2) is 4.27. The van der Waals surface area contributed by atoms with E-state index in [9.17, 15) is 4.79 Å². The molecule has 1 N–H and O–H groups in total. The predicted octanol–water partition coefficient (Wildman–Crippen LogP) is 3.21. The van der Waals surface area contributed by atoms with E-state index >= 15 is 0 Å². The molecule has 14 heavy (non-hydrogen) atoms. The van der Waals surface area contributed by atoms with Crippen molar-refractivity contribution >= 4 is 5.97 Å². The van der Waals surface area contributed by atoms with Crippen LogP contribution in [0, 0.1) is 6.92 Å². The number of aromatic carboxylic acids is 1. The number of carboxylic acids is 1. The Morgan fingerprint density at radius 3 is 2.57 bits per heavy atom. The van der Waals surface area contributed by atoms with E-state index in [4.69, 9.17) is 5.11 Å². The van der Waals surface area contributed by atoms with Crippen LogP contribution in [0.15, 0.2) is 18.2 Å². The van der Waals surface area contributed by atoms with Crippen molar-refractivity contribution in [2.75, 3.05) is 0 Å². The maximum absolute atomic E-state index is 10.8. The van der Waals surface area contributed by atoms with Crippen LogP contribution >= 0.6 is 0 Å². The van der Waals surface area contributed by atoms with Crippen LogP contribution in [0.2, 0.25) is 0 Å². The Balaban J connectivity index is 3.06. The van der Waals surface area contributed by atoms with Crippen LogP contribution in [-0.4, -0.2) is 11.1 Å². The molecule has 0 saturated carbocycles. The molecule has 0 aliphatic carbocycles. The lowest BCUT2D eigenvalue weighted by Crippen LogP contribution is -2.01. The molecule has 1 unspecified atom stereocenters. The van der Waals surface area contributed by atoms with Gasteiger partial charge in [0.15, 0.2) is 0 Å². The molecule has 1 aromatic carbocycles. The summed E-state index contributed by atoms with van der Waals surface area (Å²) in [6, 6.07) is 5.57. The number of aryl methyl sites for hydroxylation is 1. The highest BCUT2D eigenvalue weighted by Gasteiger charge is 2.09. The highest BCUT2D eigenvalue weighted by Crippen LogP contribution is 2.21. The van der Waals surface area contributed by atoms with E-state index in [1.54, 1.807) is 6.07 Å². The van der Waals surface area contributed by atoms with Crippen molar-refractivity contribution in [1.29, 1.82) is 0 Å². The zero-order chi connectivity index (χ0) is 10.7. The Labute approximate surface area is 84.6 Å². The van der Waals surface area contributed by atoms with Crippen molar-refractivity contribution in [3.8, 4) is 0 Å². The first-order chi connectivity index (χ1) is 6.56. The van der Waals surface area contributed by atoms with Gasteiger partial charge in [-0.2, -0.15) is 0 Å². The number of hydrogen-bond acceptors (Lipinski definition) is 1. The van der Waals surface area contributed by atoms with Gasteiger partial charge in [0.1, 0.15) is 0 Å². The van der Waals surface area contributed by atoms with Gasteiger partial charge in [-0.05, 0) is 36.5 Å². The van der Waals surface area contributed by atoms with Gasteiger partial charge in [-0.1, -0.05) is 26.0 Å². The second-order valence-electron chi connectivity index (χ2n) is 3.69. The molecule has 0 bridgehead atoms. The molecular weight excluding hydrogens is 176 g/mol. The van der Waals surface area contributed by atoms with Crippen LogP contribution < -0.4 is 0 Å². The fourth-order valence-corrected chi connectivity index (χ4v) is 1.47. The van der Waals surface area contributed by atoms with Crippen LogP contribution in [0.3, 0.4) is 0 Å². The number of benzene rings is 1. The summed E-state index contributed by atoms with van der Waals surface area (Å²) in [5.41, 5.74) is 2.46. The number of carbonyl (C=O) groups is 1. The van der Waals surface area contributed by atoms with E-state index in [1.165, 1.54) is 5.56 Å². The molecule has 2 nitrogen and oxygen atoms in total. The fraction of sp³-hybridized carbons (Fsp3) is 0.417. The standard InChI is InChI=1S/C12H16O2/c1-4-8(2)10-5-6-11(12(13)14)9(3)7-10/h5-8H,4H2,1-3H3,(H,13,14). The minimum Gasteiger partial charge on any atom is -0.478 e. The minimum atomic E-state index is -0.849. The van der Waals surface area contributed by atoms with Gasteiger partial charge in [0.2, 0.25) is 0 Å². The molecule has 0 heterocycles. The highest BCUT2D eigenvalue weighted by atomic mass is 16.4. The van der Waals surface area contributed by atoms with Gasteiger partial charge < -0.3 is 5.11 Å². The molecule has 1 aromatic rings. The zero-order valence-electron chi connectivity index (χ0n) is 8.87. The number of hydrogen-bond donors (Lipinski definition) is 1. The zero-order valence-corrected chi connectivity index (χ0v) is 8.87. The Morgan fingerprint density at radius 1 is 1.50 bits per heavy atom. The normalized spacial score (nSPS) is 12.5. The van der Waals surface area contributed by atoms with Gasteiger partial charge in [-0.3, -0.25) is 0 Å². The van der Waals surface area contributed by atoms with E-state index in [-0.39, 0.29) is 0 Å². The Kier molecular flexibility index (Phi) is 3.28. The maximum Gasteiger partial charge on any atom is 0.335 e. The van der Waals surface area contributed by atoms with Crippen molar-refractivity contribution in [2.45, 2.75) is 33.1 Å². The lowest BCUT2D eigenvalue weighted by atomic mass is 9.95. The minimum absolute atomic E-state index is 0.400. The molecule has 0 fully saturated rings. The van der Waals surface area contributed by atoms with E-state index in [0.29, 0.717) is 11.5 Å². The van der Waals surface area contributed by atoms with Crippen LogP contribution in [0.25, 0.3) is 0 Å². The van der Waals surface area contributed by atoms with Crippen molar-refractivity contribution < 1.29 is 9.90 Å². The van der Waals surface area contributed by atoms with Crippen molar-refractivity contribution in [3.63, 3.8) is 0 Å². The van der Waals surface area contributed by atoms with Crippen LogP contribution in [0.1, 0.15) is 47.7 Å². The summed E-state index contributed by atoms with van der Waals surface area (Å²) in [6.45, 7) is 6.12. The van der Waals surface area contributed by atoms with Crippen molar-refractivity contribution in [2.24, 2.45) is 0 Å². The quantitative estimate of drug-likeness (QED) is 0.798. The smallest absolute Gasteiger partial charge is 0.335 e. The highest BCUT2D eigenvalue weighted by molar-refractivity contribution is 5.89. The first-order valence-corrected chi connectivity index (χ1v) is 4.90. The Hall–Kier alpha value is -1.31. The largest absolute Gasteiger partial charge is 0.478 e. The summed E-state index contributed by atoms with van der Waals surface area (Å²) in [6.07, 6.45) is 1.08. The average Bonchev–Trinajstić information content (AvgIpc) is 2.15. The topological polar surface area (TPSA) is 37.3 Å². The van der Waals surface area contributed by atoms with E-state index in [1.807, 2.05) is 19.1 Å². The lowest BCUT2D eigenvalue weighted by Gasteiger charge is -2.10. The molecule has 0 aliphatic rings. The molecule has 0 saturated heterocycles. The third-order valence-electron chi connectivity index (χ3n) is 2.66. The Morgan fingerprint density at radius 2 is 2.14 bits per heavy atom. The van der Waals surface area contributed by atoms with Gasteiger partial charge in [0, 0.05) is 0 Å². The molecule has 0 spiro atoms. The lowest BCUT2D eigenvalue weighted by molar-refractivity contribution is 0.0696. The van der Waals surface area contributed by atoms with Gasteiger partial charge in [0.25, 0.3) is 0 Å². The molecule has 76 valence electrons. The maximum atomic E-state index is 10.8. The van der Waals surface area contributed by atoms with E-state index < -0.39 is 5.97 Å². The summed E-state index contributed by atoms with van der Waals surface area (Å²) >= 11 is 0. The summed E-state index contributed by atoms with van der Waals surface area (Å²) in [4.78, 5) is 10.8. The van der Waals surface area contributed by atoms with Gasteiger partial charge in [-0.15, -0.1) is 0 Å². The molecule has 1 atom stereocenters. The van der Waals surface area contributed by atoms with Crippen LogP contribution in [0.4, 0.5) is 0 Å². The first-order valence-electron chi connectivity index (χ1n) is 4.90. The summed E-state index contributed by atoms with van der Waals surface area (Å²) in [5.74, 6) is -0.352. The second-order valence-corrected chi connectivity index (χ2v) is 3.69. The van der Waals surface area contributed by atoms with Crippen molar-refractivity contribution in [3.05, 3.63) is 34.9 Å². The number of carboxylic acid groups (broad SMARTS) is 1. The predicted molar refractivity (Wildman–Crippen MR) is 56.8 cm³/mol. The molecule has 0 amide bonds. The molecule has 0 radical (unpaired) electrons. The third kappa shape index (κ3) is 2.13. The first kappa shape index (κ1) is 10.8. The molecule has 0 aliphatic heterocycles. The SMILES string of the molecule is CCC(C)c1ccc(C(=O)O)c(C)c1. The van der Waals surface area contributed by atoms with Gasteiger partial charge in [-0.25, -0.2) is 4.79 Å². The molecule has 2 heteroatoms. The Bertz CT molecular complexity index is 342. The molecule has 0 aromatic heterocycles. The van der Waals surface area contributed by atoms with Gasteiger partial charge >= 0.3 is 5.97 Å². The van der Waals surface area contributed by atoms with E-state index in [0.717, 1.165) is 12.0 Å². The fourth-order valence-electron chi connectivity index (χ4n) is 1.47. The summed E-state index contributed by atoms with van der Waals surface area (Å²) in [7, 11) is 0. The van der Waals surface area contributed by atoms with Crippen molar-refractivity contribution in [1.82, 2.24) is 0 Å². The van der Waals surface area contributed by atoms with Gasteiger partial charge in [0.05, 0.1) is 5.56 Å².